The molecule has 11 heteroatoms. The van der Waals surface area contributed by atoms with Crippen LogP contribution in [0, 0.1) is 13.8 Å². The summed E-state index contributed by atoms with van der Waals surface area (Å²) in [5.74, 6) is 7.27. The molecule has 1 aromatic carbocycles. The third kappa shape index (κ3) is 25.4. The largest absolute Gasteiger partial charge is 0.491 e. The number of hydrogen-bond donors (Lipinski definition) is 0. The first-order chi connectivity index (χ1) is 31.3. The van der Waals surface area contributed by atoms with Crippen molar-refractivity contribution in [1.82, 2.24) is 29.9 Å². The van der Waals surface area contributed by atoms with Gasteiger partial charge in [-0.3, -0.25) is 15.0 Å². The smallest absolute Gasteiger partial charge is 0.232 e. The topological polar surface area (TPSA) is 123 Å². The Kier molecular flexibility index (Phi) is 27.5. The van der Waals surface area contributed by atoms with Gasteiger partial charge in [-0.1, -0.05) is 81.4 Å². The fourth-order valence-electron chi connectivity index (χ4n) is 5.59. The van der Waals surface area contributed by atoms with E-state index in [2.05, 4.69) is 111 Å². The first-order valence-electron chi connectivity index (χ1n) is 24.3. The minimum absolute atomic E-state index is 0.152. The summed E-state index contributed by atoms with van der Waals surface area (Å²) in [4.78, 5) is 25.9. The third-order valence-electron chi connectivity index (χ3n) is 9.08. The van der Waals surface area contributed by atoms with E-state index in [9.17, 15) is 0 Å². The predicted octanol–water partition coefficient (Wildman–Crippen LogP) is 15.0. The molecule has 0 unspecified atom stereocenters. The number of ether oxygens (including phenoxy) is 5. The lowest BCUT2D eigenvalue weighted by molar-refractivity contribution is 0.231. The highest BCUT2D eigenvalue weighted by Gasteiger charge is 2.10. The fourth-order valence-corrected chi connectivity index (χ4v) is 5.59. The van der Waals surface area contributed by atoms with Crippen molar-refractivity contribution in [3.05, 3.63) is 113 Å². The van der Waals surface area contributed by atoms with Crippen LogP contribution in [-0.2, 0) is 0 Å². The molecule has 5 aromatic rings. The van der Waals surface area contributed by atoms with Gasteiger partial charge in [0.25, 0.3) is 0 Å². The molecule has 0 N–H and O–H groups in total. The quantitative estimate of drug-likeness (QED) is 0.0997. The number of benzene rings is 1. The second kappa shape index (κ2) is 30.9. The average Bonchev–Trinajstić information content (AvgIpc) is 3.23. The van der Waals surface area contributed by atoms with Crippen molar-refractivity contribution in [2.45, 2.75) is 212 Å². The summed E-state index contributed by atoms with van der Waals surface area (Å²) in [6, 6.07) is 16.4. The van der Waals surface area contributed by atoms with Gasteiger partial charge >= 0.3 is 0 Å². The van der Waals surface area contributed by atoms with Gasteiger partial charge in [0.05, 0.1) is 72.4 Å². The van der Waals surface area contributed by atoms with Gasteiger partial charge in [0.2, 0.25) is 5.88 Å². The molecule has 0 saturated carbocycles. The molecule has 0 aliphatic carbocycles. The van der Waals surface area contributed by atoms with Crippen molar-refractivity contribution in [2.24, 2.45) is 0 Å². The normalized spacial score (nSPS) is 11.0. The number of nitrogens with zero attached hydrogens (tertiary/aromatic N) is 6. The van der Waals surface area contributed by atoms with E-state index in [1.165, 1.54) is 5.56 Å². The lowest BCUT2D eigenvalue weighted by Gasteiger charge is -2.13. The SMILES string of the molecule is CC(C)Oc1ccc(C(C)C)cc1.CC(C)Oc1ccc(C(C)C)nc1.CC(C)Oc1cnc(C(C)C)cn1.Cc1nc(C(C)C)ccc1OC(C)C.Cc1nc(C(C)C)ncc1OC(C)C. The number of aryl methyl sites for hydroxylation is 2. The van der Waals surface area contributed by atoms with E-state index in [0.717, 1.165) is 57.3 Å². The number of pyridine rings is 2. The molecule has 0 fully saturated rings. The van der Waals surface area contributed by atoms with E-state index in [1.54, 1.807) is 24.8 Å². The molecular weight excluding hydrogens is 837 g/mol. The molecule has 4 aromatic heterocycles. The van der Waals surface area contributed by atoms with Crippen LogP contribution in [-0.4, -0.2) is 60.4 Å². The fraction of sp³-hybridized carbons (Fsp3) is 0.571. The Morgan fingerprint density at radius 1 is 0.328 bits per heavy atom. The summed E-state index contributed by atoms with van der Waals surface area (Å²) in [5, 5.41) is 0. The van der Waals surface area contributed by atoms with Gasteiger partial charge in [-0.2, -0.15) is 0 Å². The lowest BCUT2D eigenvalue weighted by atomic mass is 10.0. The molecular formula is C56H88N6O5. The molecule has 0 radical (unpaired) electrons. The first kappa shape index (κ1) is 59.7. The van der Waals surface area contributed by atoms with Gasteiger partial charge in [0.15, 0.2) is 5.75 Å². The molecule has 4 heterocycles. The first-order valence-corrected chi connectivity index (χ1v) is 24.3. The van der Waals surface area contributed by atoms with Crippen molar-refractivity contribution in [3.8, 4) is 28.9 Å². The van der Waals surface area contributed by atoms with Crippen molar-refractivity contribution >= 4 is 0 Å². The zero-order chi connectivity index (χ0) is 51.0. The van der Waals surface area contributed by atoms with Crippen LogP contribution in [0.5, 0.6) is 28.9 Å². The lowest BCUT2D eigenvalue weighted by Crippen LogP contribution is -2.09. The van der Waals surface area contributed by atoms with Gasteiger partial charge < -0.3 is 23.7 Å². The highest BCUT2D eigenvalue weighted by atomic mass is 16.5. The van der Waals surface area contributed by atoms with Crippen molar-refractivity contribution < 1.29 is 23.7 Å². The number of rotatable bonds is 15. The molecule has 0 saturated heterocycles. The molecule has 11 nitrogen and oxygen atoms in total. The van der Waals surface area contributed by atoms with Gasteiger partial charge in [-0.25, -0.2) is 15.0 Å². The Bertz CT molecular complexity index is 1860. The maximum atomic E-state index is 5.62. The predicted molar refractivity (Wildman–Crippen MR) is 278 cm³/mol. The summed E-state index contributed by atoms with van der Waals surface area (Å²) in [5.41, 5.74) is 6.48. The number of aromatic nitrogens is 6. The Morgan fingerprint density at radius 2 is 0.791 bits per heavy atom. The minimum atomic E-state index is 0.152. The molecule has 0 amide bonds. The van der Waals surface area contributed by atoms with Crippen LogP contribution in [0.2, 0.25) is 0 Å². The van der Waals surface area contributed by atoms with E-state index in [4.69, 9.17) is 23.7 Å². The van der Waals surface area contributed by atoms with Gasteiger partial charge in [0.1, 0.15) is 23.1 Å². The van der Waals surface area contributed by atoms with Gasteiger partial charge in [-0.15, -0.1) is 0 Å². The summed E-state index contributed by atoms with van der Waals surface area (Å²) in [6.07, 6.45) is 7.99. The van der Waals surface area contributed by atoms with Crippen LogP contribution in [0.25, 0.3) is 0 Å². The van der Waals surface area contributed by atoms with Crippen LogP contribution in [0.4, 0.5) is 0 Å². The molecule has 0 aliphatic rings. The maximum Gasteiger partial charge on any atom is 0.232 e. The summed E-state index contributed by atoms with van der Waals surface area (Å²) < 4.78 is 27.6. The number of hydrogen-bond acceptors (Lipinski definition) is 11. The van der Waals surface area contributed by atoms with E-state index in [1.807, 2.05) is 119 Å². The standard InChI is InChI=1S/C12H19NO.C12H18O.C11H18N2O.C11H17NO.C10H16N2O/c1-8(2)11-6-7-12(10(5)13-11)14-9(3)4;1-9(2)11-5-7-12(8-6-11)13-10(3)4;1-7(2)11-12-6-10(9(5)13-11)14-8(3)4;1-8(2)11-6-5-10(7-12-11)13-9(3)4;1-7(2)9-5-12-10(6-11-9)13-8(3)4/h6-9H,1-5H3;5-10H,1-4H3;6-8H,1-5H3;5-9H,1-4H3;5-8H,1-4H3. The van der Waals surface area contributed by atoms with E-state index < -0.39 is 0 Å². The van der Waals surface area contributed by atoms with E-state index >= 15 is 0 Å². The Morgan fingerprint density at radius 3 is 1.19 bits per heavy atom. The molecule has 0 aliphatic heterocycles. The Balaban J connectivity index is 0.000000419. The highest BCUT2D eigenvalue weighted by molar-refractivity contribution is 5.30. The highest BCUT2D eigenvalue weighted by Crippen LogP contribution is 2.23. The molecule has 0 spiro atoms. The minimum Gasteiger partial charge on any atom is -0.491 e. The van der Waals surface area contributed by atoms with Crippen LogP contribution < -0.4 is 23.7 Å². The van der Waals surface area contributed by atoms with Crippen molar-refractivity contribution in [3.63, 3.8) is 0 Å². The Hall–Kier alpha value is -5.32. The molecule has 372 valence electrons. The molecule has 0 atom stereocenters. The second-order valence-corrected chi connectivity index (χ2v) is 19.4. The summed E-state index contributed by atoms with van der Waals surface area (Å²) in [7, 11) is 0. The second-order valence-electron chi connectivity index (χ2n) is 19.4. The van der Waals surface area contributed by atoms with E-state index in [-0.39, 0.29) is 30.5 Å². The van der Waals surface area contributed by atoms with Gasteiger partial charge in [0, 0.05) is 17.3 Å². The molecule has 0 bridgehead atoms. The summed E-state index contributed by atoms with van der Waals surface area (Å²) >= 11 is 0. The average molecular weight is 925 g/mol. The van der Waals surface area contributed by atoms with Crippen LogP contribution in [0.15, 0.2) is 73.3 Å². The third-order valence-corrected chi connectivity index (χ3v) is 9.08. The Labute approximate surface area is 406 Å². The molecule has 67 heavy (non-hydrogen) atoms. The van der Waals surface area contributed by atoms with Crippen molar-refractivity contribution in [1.29, 1.82) is 0 Å². The van der Waals surface area contributed by atoms with Crippen LogP contribution in [0.1, 0.15) is 208 Å². The van der Waals surface area contributed by atoms with E-state index in [0.29, 0.717) is 35.5 Å². The zero-order valence-corrected chi connectivity index (χ0v) is 45.4. The maximum absolute atomic E-state index is 5.62. The van der Waals surface area contributed by atoms with Crippen molar-refractivity contribution in [2.75, 3.05) is 0 Å². The summed E-state index contributed by atoms with van der Waals surface area (Å²) in [6.45, 7) is 45.3. The zero-order valence-electron chi connectivity index (χ0n) is 45.4. The van der Waals surface area contributed by atoms with Crippen LogP contribution >= 0.6 is 0 Å². The monoisotopic (exact) mass is 925 g/mol. The van der Waals surface area contributed by atoms with Crippen LogP contribution in [0.3, 0.4) is 0 Å². The molecule has 5 rings (SSSR count). The van der Waals surface area contributed by atoms with Gasteiger partial charge in [-0.05, 0) is 149 Å².